The van der Waals surface area contributed by atoms with E-state index < -0.39 is 20.7 Å². The summed E-state index contributed by atoms with van der Waals surface area (Å²) in [5.74, 6) is 0.402. The molecule has 0 saturated heterocycles. The summed E-state index contributed by atoms with van der Waals surface area (Å²) in [5.41, 5.74) is -0.534. The van der Waals surface area contributed by atoms with E-state index in [1.54, 1.807) is 32.9 Å². The molecule has 0 heterocycles. The minimum absolute atomic E-state index is 0.0152. The van der Waals surface area contributed by atoms with Crippen molar-refractivity contribution in [3.8, 4) is 5.75 Å². The lowest BCUT2D eigenvalue weighted by molar-refractivity contribution is 0.0525. The SMILES string of the molecule is CC(C)(C)OC(=O)NCCCOc1cccc(S(=O)(=O)Cl)c1. The molecule has 0 aliphatic heterocycles. The van der Waals surface area contributed by atoms with Crippen molar-refractivity contribution in [2.45, 2.75) is 37.7 Å². The zero-order chi connectivity index (χ0) is 16.8. The molecule has 0 unspecified atom stereocenters. The Morgan fingerprint density at radius 2 is 2.00 bits per heavy atom. The Hall–Kier alpha value is -1.47. The van der Waals surface area contributed by atoms with Crippen LogP contribution in [0.15, 0.2) is 29.2 Å². The van der Waals surface area contributed by atoms with E-state index in [0.29, 0.717) is 25.3 Å². The van der Waals surface area contributed by atoms with Gasteiger partial charge in [0, 0.05) is 23.3 Å². The Morgan fingerprint density at radius 3 is 2.59 bits per heavy atom. The second-order valence-electron chi connectivity index (χ2n) is 5.54. The van der Waals surface area contributed by atoms with Crippen LogP contribution in [0.25, 0.3) is 0 Å². The van der Waals surface area contributed by atoms with Crippen molar-refractivity contribution in [2.75, 3.05) is 13.2 Å². The zero-order valence-electron chi connectivity index (χ0n) is 12.8. The Morgan fingerprint density at radius 1 is 1.32 bits per heavy atom. The maximum Gasteiger partial charge on any atom is 0.407 e. The molecule has 0 atom stereocenters. The molecule has 1 amide bonds. The Kier molecular flexibility index (Phi) is 6.49. The van der Waals surface area contributed by atoms with Gasteiger partial charge in [0.15, 0.2) is 0 Å². The fourth-order valence-electron chi connectivity index (χ4n) is 1.48. The maximum absolute atomic E-state index is 11.4. The van der Waals surface area contributed by atoms with Crippen molar-refractivity contribution >= 4 is 25.8 Å². The molecule has 1 rings (SSSR count). The van der Waals surface area contributed by atoms with Crippen molar-refractivity contribution in [1.82, 2.24) is 5.32 Å². The molecule has 0 radical (unpaired) electrons. The second kappa shape index (κ2) is 7.69. The number of alkyl carbamates (subject to hydrolysis) is 1. The van der Waals surface area contributed by atoms with E-state index in [9.17, 15) is 13.2 Å². The van der Waals surface area contributed by atoms with E-state index in [0.717, 1.165) is 0 Å². The van der Waals surface area contributed by atoms with E-state index in [1.807, 2.05) is 0 Å². The molecule has 0 spiro atoms. The molecule has 0 saturated carbocycles. The zero-order valence-corrected chi connectivity index (χ0v) is 14.3. The van der Waals surface area contributed by atoms with Crippen LogP contribution in [0.2, 0.25) is 0 Å². The summed E-state index contributed by atoms with van der Waals surface area (Å²) in [7, 11) is 1.49. The van der Waals surface area contributed by atoms with Crippen LogP contribution < -0.4 is 10.1 Å². The predicted molar refractivity (Wildman–Crippen MR) is 83.8 cm³/mol. The lowest BCUT2D eigenvalue weighted by Gasteiger charge is -2.19. The molecule has 22 heavy (non-hydrogen) atoms. The first-order chi connectivity index (χ1) is 10.1. The van der Waals surface area contributed by atoms with Gasteiger partial charge in [-0.25, -0.2) is 13.2 Å². The Balaban J connectivity index is 2.33. The molecule has 124 valence electrons. The van der Waals surface area contributed by atoms with Gasteiger partial charge in [0.1, 0.15) is 11.4 Å². The van der Waals surface area contributed by atoms with E-state index in [4.69, 9.17) is 20.2 Å². The van der Waals surface area contributed by atoms with Gasteiger partial charge in [-0.1, -0.05) is 6.07 Å². The van der Waals surface area contributed by atoms with Crippen LogP contribution in [-0.4, -0.2) is 33.3 Å². The van der Waals surface area contributed by atoms with Crippen molar-refractivity contribution < 1.29 is 22.7 Å². The third kappa shape index (κ3) is 7.51. The lowest BCUT2D eigenvalue weighted by atomic mass is 10.2. The summed E-state index contributed by atoms with van der Waals surface area (Å²) >= 11 is 0. The van der Waals surface area contributed by atoms with Crippen molar-refractivity contribution in [3.63, 3.8) is 0 Å². The number of carbonyl (C=O) groups is 1. The summed E-state index contributed by atoms with van der Waals surface area (Å²) in [6.07, 6.45) is 0.0691. The largest absolute Gasteiger partial charge is 0.493 e. The molecule has 0 bridgehead atoms. The normalized spacial score (nSPS) is 11.8. The predicted octanol–water partition coefficient (Wildman–Crippen LogP) is 2.91. The molecule has 0 aliphatic carbocycles. The number of hydrogen-bond donors (Lipinski definition) is 1. The number of ether oxygens (including phenoxy) is 2. The average molecular weight is 350 g/mol. The van der Waals surface area contributed by atoms with Crippen LogP contribution in [0.5, 0.6) is 5.75 Å². The van der Waals surface area contributed by atoms with Crippen LogP contribution in [0.4, 0.5) is 4.79 Å². The van der Waals surface area contributed by atoms with Gasteiger partial charge in [-0.3, -0.25) is 0 Å². The molecule has 0 fully saturated rings. The molecule has 6 nitrogen and oxygen atoms in total. The fraction of sp³-hybridized carbons (Fsp3) is 0.500. The van der Waals surface area contributed by atoms with Gasteiger partial charge in [0.25, 0.3) is 9.05 Å². The van der Waals surface area contributed by atoms with Crippen LogP contribution in [0.1, 0.15) is 27.2 Å². The van der Waals surface area contributed by atoms with Crippen LogP contribution in [0, 0.1) is 0 Å². The van der Waals surface area contributed by atoms with Crippen molar-refractivity contribution in [1.29, 1.82) is 0 Å². The number of carbonyl (C=O) groups excluding carboxylic acids is 1. The van der Waals surface area contributed by atoms with Crippen LogP contribution in [-0.2, 0) is 13.8 Å². The summed E-state index contributed by atoms with van der Waals surface area (Å²) in [4.78, 5) is 11.4. The van der Waals surface area contributed by atoms with Gasteiger partial charge in [-0.15, -0.1) is 0 Å². The summed E-state index contributed by atoms with van der Waals surface area (Å²) < 4.78 is 32.9. The topological polar surface area (TPSA) is 81.7 Å². The summed E-state index contributed by atoms with van der Waals surface area (Å²) in [5, 5.41) is 2.60. The summed E-state index contributed by atoms with van der Waals surface area (Å²) in [6, 6.07) is 5.92. The first-order valence-electron chi connectivity index (χ1n) is 6.72. The number of hydrogen-bond acceptors (Lipinski definition) is 5. The minimum Gasteiger partial charge on any atom is -0.493 e. The highest BCUT2D eigenvalue weighted by Crippen LogP contribution is 2.20. The molecule has 1 aromatic rings. The van der Waals surface area contributed by atoms with Gasteiger partial charge >= 0.3 is 6.09 Å². The second-order valence-corrected chi connectivity index (χ2v) is 8.11. The van der Waals surface area contributed by atoms with E-state index in [2.05, 4.69) is 5.32 Å². The highest BCUT2D eigenvalue weighted by atomic mass is 35.7. The van der Waals surface area contributed by atoms with E-state index in [-0.39, 0.29) is 4.90 Å². The smallest absolute Gasteiger partial charge is 0.407 e. The summed E-state index contributed by atoms with van der Waals surface area (Å²) in [6.45, 7) is 6.07. The van der Waals surface area contributed by atoms with Gasteiger partial charge in [0.2, 0.25) is 0 Å². The first-order valence-corrected chi connectivity index (χ1v) is 9.03. The van der Waals surface area contributed by atoms with Crippen LogP contribution >= 0.6 is 10.7 Å². The number of nitrogens with one attached hydrogen (secondary N) is 1. The fourth-order valence-corrected chi connectivity index (χ4v) is 2.27. The quantitative estimate of drug-likeness (QED) is 0.630. The third-order valence-electron chi connectivity index (χ3n) is 2.35. The van der Waals surface area contributed by atoms with Crippen LogP contribution in [0.3, 0.4) is 0 Å². The standard InChI is InChI=1S/C14H20ClNO5S/c1-14(2,3)21-13(17)16-8-5-9-20-11-6-4-7-12(10-11)22(15,18)19/h4,6-7,10H,5,8-9H2,1-3H3,(H,16,17). The number of amides is 1. The highest BCUT2D eigenvalue weighted by molar-refractivity contribution is 8.13. The van der Waals surface area contributed by atoms with Crippen molar-refractivity contribution in [2.24, 2.45) is 0 Å². The first kappa shape index (κ1) is 18.6. The van der Waals surface area contributed by atoms with E-state index in [1.165, 1.54) is 12.1 Å². The Bertz CT molecular complexity index is 610. The maximum atomic E-state index is 11.4. The van der Waals surface area contributed by atoms with Gasteiger partial charge < -0.3 is 14.8 Å². The van der Waals surface area contributed by atoms with Gasteiger partial charge in [-0.2, -0.15) is 0 Å². The highest BCUT2D eigenvalue weighted by Gasteiger charge is 2.15. The number of rotatable bonds is 6. The molecule has 8 heteroatoms. The monoisotopic (exact) mass is 349 g/mol. The molecule has 0 aliphatic rings. The van der Waals surface area contributed by atoms with Crippen molar-refractivity contribution in [3.05, 3.63) is 24.3 Å². The Labute approximate surface area is 135 Å². The third-order valence-corrected chi connectivity index (χ3v) is 3.70. The number of halogens is 1. The number of benzene rings is 1. The van der Waals surface area contributed by atoms with Gasteiger partial charge in [-0.05, 0) is 39.3 Å². The van der Waals surface area contributed by atoms with Gasteiger partial charge in [0.05, 0.1) is 11.5 Å². The molecular weight excluding hydrogens is 330 g/mol. The molecular formula is C14H20ClNO5S. The molecule has 1 N–H and O–H groups in total. The lowest BCUT2D eigenvalue weighted by Crippen LogP contribution is -2.33. The average Bonchev–Trinajstić information content (AvgIpc) is 2.35. The molecule has 0 aromatic heterocycles. The minimum atomic E-state index is -3.77. The molecule has 1 aromatic carbocycles. The van der Waals surface area contributed by atoms with E-state index >= 15 is 0 Å².